The number of aryl methyl sites for hydroxylation is 1. The van der Waals surface area contributed by atoms with Gasteiger partial charge in [0.1, 0.15) is 0 Å². The Kier molecular flexibility index (Phi) is 4.24. The molecule has 5 nitrogen and oxygen atoms in total. The number of rotatable bonds is 3. The Hall–Kier alpha value is -2.66. The molecule has 1 aliphatic carbocycles. The molecular weight excluding hydrogens is 336 g/mol. The van der Waals surface area contributed by atoms with Gasteiger partial charge in [-0.15, -0.1) is 0 Å². The molecule has 2 heterocycles. The van der Waals surface area contributed by atoms with Crippen LogP contribution in [0.3, 0.4) is 0 Å². The van der Waals surface area contributed by atoms with Gasteiger partial charge in [-0.2, -0.15) is 5.10 Å². The summed E-state index contributed by atoms with van der Waals surface area (Å²) in [5, 5.41) is 11.2. The van der Waals surface area contributed by atoms with Gasteiger partial charge in [-0.3, -0.25) is 14.9 Å². The van der Waals surface area contributed by atoms with Gasteiger partial charge in [-0.1, -0.05) is 17.7 Å². The number of pyridine rings is 1. The SMILES string of the molecule is O=C(Nc1cccc(Cl)c1)C1CCc2[nH]nc(-c3ccncc3)c2C1. The lowest BCUT2D eigenvalue weighted by molar-refractivity contribution is -0.120. The van der Waals surface area contributed by atoms with Crippen LogP contribution < -0.4 is 5.32 Å². The van der Waals surface area contributed by atoms with Crippen molar-refractivity contribution in [1.82, 2.24) is 15.2 Å². The highest BCUT2D eigenvalue weighted by Crippen LogP contribution is 2.32. The molecule has 0 bridgehead atoms. The zero-order chi connectivity index (χ0) is 17.2. The molecule has 1 unspecified atom stereocenters. The van der Waals surface area contributed by atoms with E-state index in [0.29, 0.717) is 11.4 Å². The lowest BCUT2D eigenvalue weighted by Gasteiger charge is -2.22. The number of carbonyl (C=O) groups is 1. The molecule has 0 fully saturated rings. The van der Waals surface area contributed by atoms with E-state index in [0.717, 1.165) is 41.0 Å². The Bertz CT molecular complexity index is 907. The van der Waals surface area contributed by atoms with Gasteiger partial charge in [0.2, 0.25) is 5.91 Å². The number of hydrogen-bond acceptors (Lipinski definition) is 3. The minimum Gasteiger partial charge on any atom is -0.326 e. The van der Waals surface area contributed by atoms with E-state index in [1.165, 1.54) is 0 Å². The van der Waals surface area contributed by atoms with Crippen molar-refractivity contribution in [2.45, 2.75) is 19.3 Å². The average molecular weight is 353 g/mol. The van der Waals surface area contributed by atoms with Crippen LogP contribution in [0.25, 0.3) is 11.3 Å². The number of nitrogens with one attached hydrogen (secondary N) is 2. The van der Waals surface area contributed by atoms with Crippen molar-refractivity contribution in [3.8, 4) is 11.3 Å². The van der Waals surface area contributed by atoms with Gasteiger partial charge >= 0.3 is 0 Å². The normalized spacial score (nSPS) is 16.3. The highest BCUT2D eigenvalue weighted by molar-refractivity contribution is 6.30. The summed E-state index contributed by atoms with van der Waals surface area (Å²) in [5.74, 6) is -0.0561. The van der Waals surface area contributed by atoms with E-state index in [1.807, 2.05) is 24.3 Å². The molecular formula is C19H17ClN4O. The van der Waals surface area contributed by atoms with Crippen LogP contribution in [0.5, 0.6) is 0 Å². The summed E-state index contributed by atoms with van der Waals surface area (Å²) < 4.78 is 0. The number of aromatic nitrogens is 3. The number of hydrogen-bond donors (Lipinski definition) is 2. The lowest BCUT2D eigenvalue weighted by atomic mass is 9.85. The molecule has 0 saturated heterocycles. The van der Waals surface area contributed by atoms with Gasteiger partial charge in [0, 0.05) is 45.8 Å². The van der Waals surface area contributed by atoms with Gasteiger partial charge in [0.15, 0.2) is 0 Å². The molecule has 0 spiro atoms. The maximum absolute atomic E-state index is 12.7. The molecule has 1 atom stereocenters. The van der Waals surface area contributed by atoms with Crippen LogP contribution in [0, 0.1) is 5.92 Å². The number of anilines is 1. The summed E-state index contributed by atoms with van der Waals surface area (Å²) in [6.07, 6.45) is 5.81. The van der Waals surface area contributed by atoms with Crippen molar-refractivity contribution in [1.29, 1.82) is 0 Å². The number of halogens is 1. The predicted molar refractivity (Wildman–Crippen MR) is 97.4 cm³/mol. The minimum absolute atomic E-state index is 0.0230. The summed E-state index contributed by atoms with van der Waals surface area (Å²) in [6.45, 7) is 0. The second-order valence-corrected chi connectivity index (χ2v) is 6.64. The molecule has 0 radical (unpaired) electrons. The first-order valence-corrected chi connectivity index (χ1v) is 8.61. The molecule has 3 aromatic rings. The standard InChI is InChI=1S/C19H17ClN4O/c20-14-2-1-3-15(11-14)22-19(25)13-4-5-17-16(10-13)18(24-23-17)12-6-8-21-9-7-12/h1-3,6-9,11,13H,4-5,10H2,(H,22,25)(H,23,24). The fourth-order valence-electron chi connectivity index (χ4n) is 3.28. The highest BCUT2D eigenvalue weighted by atomic mass is 35.5. The van der Waals surface area contributed by atoms with Gasteiger partial charge < -0.3 is 5.32 Å². The summed E-state index contributed by atoms with van der Waals surface area (Å²) in [5.41, 5.74) is 4.91. The number of aromatic amines is 1. The van der Waals surface area contributed by atoms with Crippen LogP contribution in [-0.4, -0.2) is 21.1 Å². The van der Waals surface area contributed by atoms with Crippen LogP contribution in [0.15, 0.2) is 48.8 Å². The molecule has 0 saturated carbocycles. The van der Waals surface area contributed by atoms with Crippen LogP contribution in [0.4, 0.5) is 5.69 Å². The Labute approximate surface area is 150 Å². The van der Waals surface area contributed by atoms with Crippen molar-refractivity contribution < 1.29 is 4.79 Å². The number of carbonyl (C=O) groups excluding carboxylic acids is 1. The molecule has 6 heteroatoms. The van der Waals surface area contributed by atoms with Gasteiger partial charge in [0.05, 0.1) is 5.69 Å². The zero-order valence-corrected chi connectivity index (χ0v) is 14.3. The number of amides is 1. The fourth-order valence-corrected chi connectivity index (χ4v) is 3.47. The zero-order valence-electron chi connectivity index (χ0n) is 13.5. The van der Waals surface area contributed by atoms with Crippen LogP contribution in [0.2, 0.25) is 5.02 Å². The molecule has 25 heavy (non-hydrogen) atoms. The van der Waals surface area contributed by atoms with Gasteiger partial charge in [-0.05, 0) is 49.6 Å². The van der Waals surface area contributed by atoms with Crippen molar-refractivity contribution in [3.05, 3.63) is 65.1 Å². The lowest BCUT2D eigenvalue weighted by Crippen LogP contribution is -2.28. The molecule has 126 valence electrons. The molecule has 1 amide bonds. The average Bonchev–Trinajstić information content (AvgIpc) is 3.05. The van der Waals surface area contributed by atoms with E-state index >= 15 is 0 Å². The van der Waals surface area contributed by atoms with Crippen molar-refractivity contribution >= 4 is 23.2 Å². The first-order chi connectivity index (χ1) is 12.2. The number of fused-ring (bicyclic) bond motifs is 1. The summed E-state index contributed by atoms with van der Waals surface area (Å²) >= 11 is 5.99. The number of nitrogens with zero attached hydrogens (tertiary/aromatic N) is 2. The van der Waals surface area contributed by atoms with Gasteiger partial charge in [-0.25, -0.2) is 0 Å². The third-order valence-electron chi connectivity index (χ3n) is 4.56. The van der Waals surface area contributed by atoms with E-state index in [4.69, 9.17) is 11.6 Å². The minimum atomic E-state index is -0.0790. The second-order valence-electron chi connectivity index (χ2n) is 6.20. The molecule has 1 aromatic carbocycles. The maximum atomic E-state index is 12.7. The van der Waals surface area contributed by atoms with Crippen molar-refractivity contribution in [2.75, 3.05) is 5.32 Å². The van der Waals surface area contributed by atoms with Crippen LogP contribution in [0.1, 0.15) is 17.7 Å². The first-order valence-electron chi connectivity index (χ1n) is 8.23. The predicted octanol–water partition coefficient (Wildman–Crippen LogP) is 3.87. The smallest absolute Gasteiger partial charge is 0.227 e. The second kappa shape index (κ2) is 6.69. The molecule has 2 N–H and O–H groups in total. The molecule has 1 aliphatic rings. The van der Waals surface area contributed by atoms with E-state index in [9.17, 15) is 4.79 Å². The third-order valence-corrected chi connectivity index (χ3v) is 4.80. The summed E-state index contributed by atoms with van der Waals surface area (Å²) in [7, 11) is 0. The van der Waals surface area contributed by atoms with E-state index in [2.05, 4.69) is 20.5 Å². The van der Waals surface area contributed by atoms with Gasteiger partial charge in [0.25, 0.3) is 0 Å². The molecule has 2 aromatic heterocycles. The third kappa shape index (κ3) is 3.28. The maximum Gasteiger partial charge on any atom is 0.227 e. The number of benzene rings is 1. The van der Waals surface area contributed by atoms with Crippen LogP contribution in [-0.2, 0) is 17.6 Å². The number of H-pyrrole nitrogens is 1. The quantitative estimate of drug-likeness (QED) is 0.751. The van der Waals surface area contributed by atoms with Crippen molar-refractivity contribution in [2.24, 2.45) is 5.92 Å². The highest BCUT2D eigenvalue weighted by Gasteiger charge is 2.28. The monoisotopic (exact) mass is 352 g/mol. The fraction of sp³-hybridized carbons (Fsp3) is 0.211. The Balaban J connectivity index is 1.54. The largest absolute Gasteiger partial charge is 0.326 e. The van der Waals surface area contributed by atoms with E-state index < -0.39 is 0 Å². The first kappa shape index (κ1) is 15.8. The molecule has 4 rings (SSSR count). The Morgan fingerprint density at radius 2 is 2.08 bits per heavy atom. The Morgan fingerprint density at radius 1 is 1.24 bits per heavy atom. The van der Waals surface area contributed by atoms with Crippen LogP contribution >= 0.6 is 11.6 Å². The van der Waals surface area contributed by atoms with E-state index in [1.54, 1.807) is 24.5 Å². The van der Waals surface area contributed by atoms with Crippen molar-refractivity contribution in [3.63, 3.8) is 0 Å². The summed E-state index contributed by atoms with van der Waals surface area (Å²) in [4.78, 5) is 16.7. The van der Waals surface area contributed by atoms with E-state index in [-0.39, 0.29) is 11.8 Å². The summed E-state index contributed by atoms with van der Waals surface area (Å²) in [6, 6.07) is 11.1. The Morgan fingerprint density at radius 3 is 2.88 bits per heavy atom. The molecule has 0 aliphatic heterocycles. The topological polar surface area (TPSA) is 70.7 Å².